The molecule has 2 aromatic carbocycles. The van der Waals surface area contributed by atoms with Gasteiger partial charge in [-0.25, -0.2) is 4.90 Å². The van der Waals surface area contributed by atoms with Crippen LogP contribution in [0.1, 0.15) is 21.6 Å². The van der Waals surface area contributed by atoms with Gasteiger partial charge in [-0.2, -0.15) is 0 Å². The van der Waals surface area contributed by atoms with Crippen LogP contribution in [0.3, 0.4) is 0 Å². The Bertz CT molecular complexity index is 1170. The number of benzene rings is 2. The molecule has 0 spiro atoms. The summed E-state index contributed by atoms with van der Waals surface area (Å²) < 4.78 is 0. The normalized spacial score (nSPS) is 14.1. The Morgan fingerprint density at radius 1 is 0.931 bits per heavy atom. The second kappa shape index (κ2) is 7.50. The van der Waals surface area contributed by atoms with E-state index in [1.807, 2.05) is 62.5 Å². The zero-order valence-corrected chi connectivity index (χ0v) is 17.8. The number of nitrogens with one attached hydrogen (secondary N) is 1. The van der Waals surface area contributed by atoms with Gasteiger partial charge in [-0.1, -0.05) is 35.9 Å². The van der Waals surface area contributed by atoms with Crippen LogP contribution >= 0.6 is 22.9 Å². The largest absolute Gasteiger partial charge is 0.350 e. The minimum Gasteiger partial charge on any atom is -0.350 e. The smallest absolute Gasteiger partial charge is 0.282 e. The van der Waals surface area contributed by atoms with Gasteiger partial charge in [0.2, 0.25) is 0 Å². The standard InChI is InChI=1S/C23H19ClN2O2S/c1-13-6-7-15(3)18(11-13)26-22(27)20(19-5-4-10-29-19)21(23(26)28)25-17-12-16(24)9-8-14(17)2/h4-12,25H,1-3H3. The molecule has 146 valence electrons. The molecule has 3 aromatic rings. The van der Waals surface area contributed by atoms with Gasteiger partial charge in [0.1, 0.15) is 5.70 Å². The number of rotatable bonds is 4. The summed E-state index contributed by atoms with van der Waals surface area (Å²) in [5, 5.41) is 5.64. The van der Waals surface area contributed by atoms with E-state index in [1.165, 1.54) is 16.2 Å². The van der Waals surface area contributed by atoms with Gasteiger partial charge in [0, 0.05) is 15.6 Å². The third-order valence-corrected chi connectivity index (χ3v) is 6.04. The van der Waals surface area contributed by atoms with Crippen LogP contribution in [0, 0.1) is 20.8 Å². The van der Waals surface area contributed by atoms with Crippen molar-refractivity contribution in [3.8, 4) is 0 Å². The van der Waals surface area contributed by atoms with Crippen LogP contribution in [0.25, 0.3) is 5.57 Å². The Morgan fingerprint density at radius 2 is 1.69 bits per heavy atom. The summed E-state index contributed by atoms with van der Waals surface area (Å²) in [6, 6.07) is 14.9. The maximum atomic E-state index is 13.4. The van der Waals surface area contributed by atoms with Gasteiger partial charge in [-0.15, -0.1) is 11.3 Å². The van der Waals surface area contributed by atoms with Crippen molar-refractivity contribution < 1.29 is 9.59 Å². The Balaban J connectivity index is 1.85. The molecule has 0 bridgehead atoms. The zero-order valence-electron chi connectivity index (χ0n) is 16.2. The fraction of sp³-hybridized carbons (Fsp3) is 0.130. The lowest BCUT2D eigenvalue weighted by molar-refractivity contribution is -0.120. The molecule has 0 aliphatic carbocycles. The molecule has 29 heavy (non-hydrogen) atoms. The first kappa shape index (κ1) is 19.4. The summed E-state index contributed by atoms with van der Waals surface area (Å²) in [6.07, 6.45) is 0. The lowest BCUT2D eigenvalue weighted by Crippen LogP contribution is -2.33. The molecule has 1 aliphatic heterocycles. The molecule has 1 N–H and O–H groups in total. The Kier molecular flexibility index (Phi) is 5.03. The van der Waals surface area contributed by atoms with Gasteiger partial charge in [-0.05, 0) is 67.1 Å². The molecule has 1 aromatic heterocycles. The van der Waals surface area contributed by atoms with Crippen molar-refractivity contribution in [2.75, 3.05) is 10.2 Å². The summed E-state index contributed by atoms with van der Waals surface area (Å²) >= 11 is 7.58. The van der Waals surface area contributed by atoms with Gasteiger partial charge >= 0.3 is 0 Å². The summed E-state index contributed by atoms with van der Waals surface area (Å²) in [5.41, 5.74) is 4.73. The van der Waals surface area contributed by atoms with Crippen LogP contribution in [-0.2, 0) is 9.59 Å². The monoisotopic (exact) mass is 422 g/mol. The minimum atomic E-state index is -0.369. The fourth-order valence-corrected chi connectivity index (χ4v) is 4.28. The van der Waals surface area contributed by atoms with Crippen molar-refractivity contribution in [2.45, 2.75) is 20.8 Å². The molecule has 4 nitrogen and oxygen atoms in total. The third-order valence-electron chi connectivity index (χ3n) is 4.92. The van der Waals surface area contributed by atoms with Crippen molar-refractivity contribution in [3.63, 3.8) is 0 Å². The number of hydrogen-bond acceptors (Lipinski definition) is 4. The summed E-state index contributed by atoms with van der Waals surface area (Å²) in [5.74, 6) is -0.695. The van der Waals surface area contributed by atoms with Crippen molar-refractivity contribution in [1.82, 2.24) is 0 Å². The van der Waals surface area contributed by atoms with E-state index >= 15 is 0 Å². The number of carbonyl (C=O) groups is 2. The highest BCUT2D eigenvalue weighted by Gasteiger charge is 2.41. The third kappa shape index (κ3) is 3.48. The van der Waals surface area contributed by atoms with Crippen LogP contribution in [0.4, 0.5) is 11.4 Å². The minimum absolute atomic E-state index is 0.267. The number of anilines is 2. The second-order valence-corrected chi connectivity index (χ2v) is 8.43. The topological polar surface area (TPSA) is 49.4 Å². The van der Waals surface area contributed by atoms with Crippen molar-refractivity contribution in [1.29, 1.82) is 0 Å². The number of amides is 2. The molecule has 0 saturated carbocycles. The average Bonchev–Trinajstić information content (AvgIpc) is 3.28. The van der Waals surface area contributed by atoms with Gasteiger partial charge in [0.25, 0.3) is 11.8 Å². The van der Waals surface area contributed by atoms with E-state index in [2.05, 4.69) is 5.32 Å². The van der Waals surface area contributed by atoms with Crippen LogP contribution in [0.2, 0.25) is 5.02 Å². The number of hydrogen-bond donors (Lipinski definition) is 1. The highest BCUT2D eigenvalue weighted by molar-refractivity contribution is 7.11. The second-order valence-electron chi connectivity index (χ2n) is 7.05. The van der Waals surface area contributed by atoms with E-state index in [0.717, 1.165) is 21.6 Å². The van der Waals surface area contributed by atoms with Gasteiger partial charge in [-0.3, -0.25) is 9.59 Å². The molecule has 0 saturated heterocycles. The predicted octanol–water partition coefficient (Wildman–Crippen LogP) is 5.72. The highest BCUT2D eigenvalue weighted by atomic mass is 35.5. The fourth-order valence-electron chi connectivity index (χ4n) is 3.34. The van der Waals surface area contributed by atoms with Crippen LogP contribution in [0.5, 0.6) is 0 Å². The van der Waals surface area contributed by atoms with Gasteiger partial charge in [0.05, 0.1) is 11.3 Å². The zero-order chi connectivity index (χ0) is 20.7. The SMILES string of the molecule is Cc1ccc(C)c(N2C(=O)C(Nc3cc(Cl)ccc3C)=C(c3cccs3)C2=O)c1. The molecular weight excluding hydrogens is 404 g/mol. The van der Waals surface area contributed by atoms with E-state index in [9.17, 15) is 9.59 Å². The molecule has 2 heterocycles. The van der Waals surface area contributed by atoms with Gasteiger partial charge in [0.15, 0.2) is 0 Å². The molecule has 0 fully saturated rings. The molecule has 4 rings (SSSR count). The first-order valence-electron chi connectivity index (χ1n) is 9.14. The van der Waals surface area contributed by atoms with E-state index < -0.39 is 0 Å². The molecule has 1 aliphatic rings. The lowest BCUT2D eigenvalue weighted by atomic mass is 10.1. The maximum Gasteiger partial charge on any atom is 0.282 e. The summed E-state index contributed by atoms with van der Waals surface area (Å²) in [6.45, 7) is 5.76. The molecule has 2 amide bonds. The van der Waals surface area contributed by atoms with E-state index in [0.29, 0.717) is 22.0 Å². The van der Waals surface area contributed by atoms with Gasteiger partial charge < -0.3 is 5.32 Å². The summed E-state index contributed by atoms with van der Waals surface area (Å²) in [4.78, 5) is 28.9. The quantitative estimate of drug-likeness (QED) is 0.547. The molecule has 0 atom stereocenters. The molecule has 0 unspecified atom stereocenters. The predicted molar refractivity (Wildman–Crippen MR) is 119 cm³/mol. The first-order chi connectivity index (χ1) is 13.9. The lowest BCUT2D eigenvalue weighted by Gasteiger charge is -2.18. The van der Waals surface area contributed by atoms with Crippen LogP contribution in [-0.4, -0.2) is 11.8 Å². The molecule has 0 radical (unpaired) electrons. The Morgan fingerprint density at radius 3 is 2.41 bits per heavy atom. The highest BCUT2D eigenvalue weighted by Crippen LogP contribution is 2.37. The summed E-state index contributed by atoms with van der Waals surface area (Å²) in [7, 11) is 0. The maximum absolute atomic E-state index is 13.4. The number of halogens is 1. The number of carbonyl (C=O) groups excluding carboxylic acids is 2. The van der Waals surface area contributed by atoms with Crippen molar-refractivity contribution >= 4 is 51.7 Å². The molecule has 6 heteroatoms. The van der Waals surface area contributed by atoms with E-state index in [1.54, 1.807) is 12.1 Å². The van der Waals surface area contributed by atoms with Crippen molar-refractivity contribution in [3.05, 3.63) is 86.2 Å². The number of aryl methyl sites for hydroxylation is 3. The van der Waals surface area contributed by atoms with Crippen LogP contribution in [0.15, 0.2) is 59.6 Å². The number of imide groups is 1. The van der Waals surface area contributed by atoms with Crippen molar-refractivity contribution in [2.24, 2.45) is 0 Å². The van der Waals surface area contributed by atoms with E-state index in [-0.39, 0.29) is 17.5 Å². The first-order valence-corrected chi connectivity index (χ1v) is 10.4. The molecular formula is C23H19ClN2O2S. The van der Waals surface area contributed by atoms with Crippen LogP contribution < -0.4 is 10.2 Å². The number of thiophene rings is 1. The average molecular weight is 423 g/mol. The Labute approximate surface area is 178 Å². The number of nitrogens with zero attached hydrogens (tertiary/aromatic N) is 1. The van der Waals surface area contributed by atoms with E-state index in [4.69, 9.17) is 11.6 Å². The Hall–Kier alpha value is -2.89.